The van der Waals surface area contributed by atoms with Crippen LogP contribution in [0.5, 0.6) is 0 Å². The molecule has 3 rings (SSSR count). The van der Waals surface area contributed by atoms with Crippen molar-refractivity contribution in [1.82, 2.24) is 0 Å². The number of hydrogen-bond acceptors (Lipinski definition) is 2. The number of carbonyl (C=O) groups is 1. The quantitative estimate of drug-likeness (QED) is 0.892. The van der Waals surface area contributed by atoms with Crippen LogP contribution in [0.3, 0.4) is 0 Å². The summed E-state index contributed by atoms with van der Waals surface area (Å²) >= 11 is 0. The van der Waals surface area contributed by atoms with Crippen LogP contribution < -0.4 is 5.32 Å². The second-order valence-corrected chi connectivity index (χ2v) is 5.12. The van der Waals surface area contributed by atoms with Gasteiger partial charge in [-0.05, 0) is 42.3 Å². The van der Waals surface area contributed by atoms with Gasteiger partial charge in [0.2, 0.25) is 5.91 Å². The van der Waals surface area contributed by atoms with E-state index < -0.39 is 23.7 Å². The normalized spacial score (nSPS) is 18.3. The van der Waals surface area contributed by atoms with Gasteiger partial charge < -0.3 is 10.4 Å². The van der Waals surface area contributed by atoms with Crippen molar-refractivity contribution >= 4 is 11.6 Å². The molecular weight excluding hydrogens is 276 g/mol. The first-order valence-electron chi connectivity index (χ1n) is 6.55. The van der Waals surface area contributed by atoms with Crippen molar-refractivity contribution in [2.24, 2.45) is 0 Å². The third kappa shape index (κ3) is 2.29. The Kier molecular flexibility index (Phi) is 3.22. The minimum Gasteiger partial charge on any atom is -0.384 e. The lowest BCUT2D eigenvalue weighted by atomic mass is 9.94. The molecule has 1 aliphatic heterocycles. The summed E-state index contributed by atoms with van der Waals surface area (Å²) in [5.41, 5.74) is 1.66. The van der Waals surface area contributed by atoms with Crippen LogP contribution in [0, 0.1) is 11.6 Å². The number of aliphatic hydroxyl groups excluding tert-OH is 1. The summed E-state index contributed by atoms with van der Waals surface area (Å²) in [7, 11) is 0. The zero-order chi connectivity index (χ0) is 15.1. The molecule has 0 bridgehead atoms. The number of carbonyl (C=O) groups excluding carboxylic acids is 1. The molecule has 2 unspecified atom stereocenters. The van der Waals surface area contributed by atoms with Gasteiger partial charge in [0.05, 0.1) is 11.6 Å². The van der Waals surface area contributed by atoms with Gasteiger partial charge in [-0.25, -0.2) is 8.78 Å². The molecule has 5 heteroatoms. The van der Waals surface area contributed by atoms with Crippen LogP contribution in [-0.4, -0.2) is 11.0 Å². The van der Waals surface area contributed by atoms with E-state index in [2.05, 4.69) is 5.32 Å². The van der Waals surface area contributed by atoms with Gasteiger partial charge in [-0.15, -0.1) is 0 Å². The van der Waals surface area contributed by atoms with E-state index in [4.69, 9.17) is 0 Å². The number of halogens is 2. The van der Waals surface area contributed by atoms with Crippen molar-refractivity contribution in [2.75, 3.05) is 5.32 Å². The molecule has 0 fully saturated rings. The molecule has 108 valence electrons. The van der Waals surface area contributed by atoms with Gasteiger partial charge in [0, 0.05) is 5.56 Å². The Bertz CT molecular complexity index is 713. The molecule has 1 aliphatic rings. The molecule has 0 aromatic heterocycles. The number of rotatable bonds is 2. The average Bonchev–Trinajstić information content (AvgIpc) is 2.74. The summed E-state index contributed by atoms with van der Waals surface area (Å²) in [5, 5.41) is 13.1. The lowest BCUT2D eigenvalue weighted by molar-refractivity contribution is -0.116. The van der Waals surface area contributed by atoms with Gasteiger partial charge in [0.25, 0.3) is 0 Å². The lowest BCUT2D eigenvalue weighted by Gasteiger charge is -2.16. The molecular formula is C16H13F2NO2. The molecule has 2 aromatic carbocycles. The minimum absolute atomic E-state index is 0.233. The molecule has 0 spiro atoms. The highest BCUT2D eigenvalue weighted by Crippen LogP contribution is 2.39. The fourth-order valence-corrected chi connectivity index (χ4v) is 2.55. The van der Waals surface area contributed by atoms with Crippen molar-refractivity contribution in [3.8, 4) is 0 Å². The molecule has 2 aromatic rings. The van der Waals surface area contributed by atoms with Crippen LogP contribution in [-0.2, 0) is 4.79 Å². The minimum atomic E-state index is -1.14. The van der Waals surface area contributed by atoms with E-state index in [-0.39, 0.29) is 11.5 Å². The van der Waals surface area contributed by atoms with Crippen molar-refractivity contribution < 1.29 is 18.7 Å². The maximum atomic E-state index is 13.8. The van der Waals surface area contributed by atoms with Crippen molar-refractivity contribution in [3.63, 3.8) is 0 Å². The smallest absolute Gasteiger partial charge is 0.231 e. The Labute approximate surface area is 120 Å². The van der Waals surface area contributed by atoms with Gasteiger partial charge in [-0.1, -0.05) is 12.1 Å². The summed E-state index contributed by atoms with van der Waals surface area (Å²) in [5.74, 6) is -1.64. The molecule has 0 aliphatic carbocycles. The predicted molar refractivity (Wildman–Crippen MR) is 73.9 cm³/mol. The predicted octanol–water partition coefficient (Wildman–Crippen LogP) is 3.10. The molecule has 1 heterocycles. The number of aliphatic hydroxyl groups is 1. The Hall–Kier alpha value is -2.27. The third-order valence-electron chi connectivity index (χ3n) is 3.75. The zero-order valence-corrected chi connectivity index (χ0v) is 11.2. The van der Waals surface area contributed by atoms with E-state index in [0.717, 1.165) is 0 Å². The van der Waals surface area contributed by atoms with Crippen molar-refractivity contribution in [2.45, 2.75) is 18.9 Å². The second-order valence-electron chi connectivity index (χ2n) is 5.12. The molecule has 0 radical (unpaired) electrons. The number of hydrogen-bond donors (Lipinski definition) is 2. The summed E-state index contributed by atoms with van der Waals surface area (Å²) in [6, 6.07) is 7.78. The maximum absolute atomic E-state index is 13.8. The highest BCUT2D eigenvalue weighted by Gasteiger charge is 2.31. The molecule has 1 amide bonds. The van der Waals surface area contributed by atoms with Crippen LogP contribution in [0.25, 0.3) is 0 Å². The van der Waals surface area contributed by atoms with Crippen molar-refractivity contribution in [1.29, 1.82) is 0 Å². The SMILES string of the molecule is CC1C(=O)Nc2c1cc(F)cc2C(O)c1ccc(F)cc1. The molecule has 21 heavy (non-hydrogen) atoms. The highest BCUT2D eigenvalue weighted by molar-refractivity contribution is 6.03. The first-order chi connectivity index (χ1) is 9.97. The molecule has 2 N–H and O–H groups in total. The maximum Gasteiger partial charge on any atom is 0.231 e. The molecule has 0 saturated carbocycles. The molecule has 2 atom stereocenters. The number of anilines is 1. The summed E-state index contributed by atoms with van der Waals surface area (Å²) in [4.78, 5) is 11.7. The summed E-state index contributed by atoms with van der Waals surface area (Å²) in [6.45, 7) is 1.68. The summed E-state index contributed by atoms with van der Waals surface area (Å²) in [6.07, 6.45) is -1.14. The van der Waals surface area contributed by atoms with E-state index in [1.54, 1.807) is 6.92 Å². The molecule has 0 saturated heterocycles. The number of amides is 1. The fourth-order valence-electron chi connectivity index (χ4n) is 2.55. The van der Waals surface area contributed by atoms with E-state index in [1.807, 2.05) is 0 Å². The lowest BCUT2D eigenvalue weighted by Crippen LogP contribution is -2.09. The van der Waals surface area contributed by atoms with Crippen LogP contribution in [0.15, 0.2) is 36.4 Å². The zero-order valence-electron chi connectivity index (χ0n) is 11.2. The van der Waals surface area contributed by atoms with Crippen LogP contribution in [0.1, 0.15) is 35.6 Å². The summed E-state index contributed by atoms with van der Waals surface area (Å²) < 4.78 is 26.7. The van der Waals surface area contributed by atoms with E-state index in [9.17, 15) is 18.7 Å². The van der Waals surface area contributed by atoms with Gasteiger partial charge >= 0.3 is 0 Å². The second kappa shape index (κ2) is 4.93. The largest absolute Gasteiger partial charge is 0.384 e. The number of benzene rings is 2. The fraction of sp³-hybridized carbons (Fsp3) is 0.188. The van der Waals surface area contributed by atoms with Crippen LogP contribution in [0.4, 0.5) is 14.5 Å². The first-order valence-corrected chi connectivity index (χ1v) is 6.55. The van der Waals surface area contributed by atoms with Crippen LogP contribution >= 0.6 is 0 Å². The molecule has 3 nitrogen and oxygen atoms in total. The number of fused-ring (bicyclic) bond motifs is 1. The van der Waals surface area contributed by atoms with E-state index >= 15 is 0 Å². The Morgan fingerprint density at radius 1 is 1.14 bits per heavy atom. The number of nitrogens with one attached hydrogen (secondary N) is 1. The van der Waals surface area contributed by atoms with E-state index in [0.29, 0.717) is 16.8 Å². The monoisotopic (exact) mass is 289 g/mol. The van der Waals surface area contributed by atoms with Crippen LogP contribution in [0.2, 0.25) is 0 Å². The standard InChI is InChI=1S/C16H13F2NO2/c1-8-12-6-11(18)7-13(14(12)19-16(8)21)15(20)9-2-4-10(17)5-3-9/h2-8,15,20H,1H3,(H,19,21). The van der Waals surface area contributed by atoms with Gasteiger partial charge in [0.1, 0.15) is 17.7 Å². The van der Waals surface area contributed by atoms with Gasteiger partial charge in [-0.3, -0.25) is 4.79 Å². The topological polar surface area (TPSA) is 49.3 Å². The third-order valence-corrected chi connectivity index (χ3v) is 3.75. The van der Waals surface area contributed by atoms with E-state index in [1.165, 1.54) is 36.4 Å². The Morgan fingerprint density at radius 2 is 1.81 bits per heavy atom. The highest BCUT2D eigenvalue weighted by atomic mass is 19.1. The van der Waals surface area contributed by atoms with Gasteiger partial charge in [0.15, 0.2) is 0 Å². The Balaban J connectivity index is 2.09. The first kappa shape index (κ1) is 13.7. The van der Waals surface area contributed by atoms with Crippen molar-refractivity contribution in [3.05, 3.63) is 64.7 Å². The average molecular weight is 289 g/mol. The van der Waals surface area contributed by atoms with Gasteiger partial charge in [-0.2, -0.15) is 0 Å². The Morgan fingerprint density at radius 3 is 2.48 bits per heavy atom.